The van der Waals surface area contributed by atoms with Crippen LogP contribution in [0.5, 0.6) is 0 Å². The number of benzene rings is 1. The minimum atomic E-state index is 0.303. The molecule has 1 aromatic heterocycles. The molecule has 2 aromatic rings. The highest BCUT2D eigenvalue weighted by atomic mass is 16.1. The fraction of sp³-hybridized carbons (Fsp3) is 0.333. The molecule has 0 unspecified atom stereocenters. The molecule has 0 amide bonds. The lowest BCUT2D eigenvalue weighted by molar-refractivity contribution is -0.119. The van der Waals surface area contributed by atoms with E-state index in [0.717, 1.165) is 17.7 Å². The third-order valence-electron chi connectivity index (χ3n) is 3.15. The molecule has 0 aliphatic heterocycles. The van der Waals surface area contributed by atoms with E-state index in [1.807, 2.05) is 30.3 Å². The highest BCUT2D eigenvalue weighted by Gasteiger charge is 2.07. The summed E-state index contributed by atoms with van der Waals surface area (Å²) >= 11 is 0. The monoisotopic (exact) mass is 267 g/mol. The average molecular weight is 267 g/mol. The number of pyridine rings is 1. The standard InChI is InChI=1S/C18H21NO/c1-14(2)10-18(20)13-16-8-9-19-17(12-16)11-15-6-4-3-5-7-15/h3-9,12,14H,10-11,13H2,1-2H3. The molecule has 104 valence electrons. The number of nitrogens with zero attached hydrogens (tertiary/aromatic N) is 1. The first-order valence-corrected chi connectivity index (χ1v) is 7.13. The van der Waals surface area contributed by atoms with Gasteiger partial charge in [-0.2, -0.15) is 0 Å². The van der Waals surface area contributed by atoms with Crippen molar-refractivity contribution in [2.45, 2.75) is 33.1 Å². The van der Waals surface area contributed by atoms with Crippen LogP contribution in [0.3, 0.4) is 0 Å². The molecule has 0 fully saturated rings. The first kappa shape index (κ1) is 14.4. The van der Waals surface area contributed by atoms with Crippen LogP contribution >= 0.6 is 0 Å². The van der Waals surface area contributed by atoms with Gasteiger partial charge < -0.3 is 0 Å². The second-order valence-electron chi connectivity index (χ2n) is 5.63. The summed E-state index contributed by atoms with van der Waals surface area (Å²) in [7, 11) is 0. The van der Waals surface area contributed by atoms with Crippen molar-refractivity contribution in [3.05, 3.63) is 65.5 Å². The zero-order chi connectivity index (χ0) is 14.4. The van der Waals surface area contributed by atoms with E-state index in [4.69, 9.17) is 0 Å². The van der Waals surface area contributed by atoms with Crippen LogP contribution in [0.4, 0.5) is 0 Å². The van der Waals surface area contributed by atoms with Gasteiger partial charge in [0.1, 0.15) is 5.78 Å². The van der Waals surface area contributed by atoms with Gasteiger partial charge in [0, 0.05) is 31.2 Å². The summed E-state index contributed by atoms with van der Waals surface area (Å²) in [5.74, 6) is 0.727. The Hall–Kier alpha value is -1.96. The molecule has 0 bridgehead atoms. The molecule has 0 saturated heterocycles. The molecular weight excluding hydrogens is 246 g/mol. The summed E-state index contributed by atoms with van der Waals surface area (Å²) in [6, 6.07) is 14.3. The van der Waals surface area contributed by atoms with Gasteiger partial charge in [0.15, 0.2) is 0 Å². The number of Topliss-reactive ketones (excluding diaryl/α,β-unsaturated/α-hetero) is 1. The van der Waals surface area contributed by atoms with Crippen LogP contribution in [0, 0.1) is 5.92 Å². The fourth-order valence-corrected chi connectivity index (χ4v) is 2.29. The maximum Gasteiger partial charge on any atom is 0.137 e. The quantitative estimate of drug-likeness (QED) is 0.796. The number of carbonyl (C=O) groups is 1. The van der Waals surface area contributed by atoms with Gasteiger partial charge in [-0.3, -0.25) is 9.78 Å². The summed E-state index contributed by atoms with van der Waals surface area (Å²) in [6.45, 7) is 4.15. The Balaban J connectivity index is 2.03. The molecule has 0 spiro atoms. The zero-order valence-corrected chi connectivity index (χ0v) is 12.2. The molecule has 1 aromatic carbocycles. The second kappa shape index (κ2) is 6.99. The van der Waals surface area contributed by atoms with E-state index in [1.165, 1.54) is 5.56 Å². The average Bonchev–Trinajstić information content (AvgIpc) is 2.39. The van der Waals surface area contributed by atoms with Crippen molar-refractivity contribution >= 4 is 5.78 Å². The Labute approximate surface area is 120 Å². The van der Waals surface area contributed by atoms with Crippen LogP contribution in [0.15, 0.2) is 48.7 Å². The lowest BCUT2D eigenvalue weighted by atomic mass is 10.0. The van der Waals surface area contributed by atoms with Gasteiger partial charge in [-0.15, -0.1) is 0 Å². The van der Waals surface area contributed by atoms with Crippen LogP contribution in [0.2, 0.25) is 0 Å². The van der Waals surface area contributed by atoms with Gasteiger partial charge in [-0.1, -0.05) is 44.2 Å². The molecule has 2 rings (SSSR count). The number of carbonyl (C=O) groups excluding carboxylic acids is 1. The topological polar surface area (TPSA) is 30.0 Å². The Morgan fingerprint density at radius 1 is 1.10 bits per heavy atom. The molecule has 0 N–H and O–H groups in total. The van der Waals surface area contributed by atoms with Crippen molar-refractivity contribution in [1.29, 1.82) is 0 Å². The van der Waals surface area contributed by atoms with Gasteiger partial charge in [-0.05, 0) is 29.2 Å². The van der Waals surface area contributed by atoms with Crippen molar-refractivity contribution in [2.75, 3.05) is 0 Å². The Morgan fingerprint density at radius 2 is 1.85 bits per heavy atom. The number of rotatable bonds is 6. The SMILES string of the molecule is CC(C)CC(=O)Cc1ccnc(Cc2ccccc2)c1. The molecule has 1 heterocycles. The van der Waals surface area contributed by atoms with E-state index in [-0.39, 0.29) is 0 Å². The zero-order valence-electron chi connectivity index (χ0n) is 12.2. The molecule has 2 heteroatoms. The Morgan fingerprint density at radius 3 is 2.55 bits per heavy atom. The van der Waals surface area contributed by atoms with Gasteiger partial charge in [0.05, 0.1) is 0 Å². The number of ketones is 1. The third-order valence-corrected chi connectivity index (χ3v) is 3.15. The number of hydrogen-bond acceptors (Lipinski definition) is 2. The van der Waals surface area contributed by atoms with Crippen molar-refractivity contribution in [1.82, 2.24) is 4.98 Å². The van der Waals surface area contributed by atoms with E-state index in [2.05, 4.69) is 31.0 Å². The first-order valence-electron chi connectivity index (χ1n) is 7.13. The minimum absolute atomic E-state index is 0.303. The van der Waals surface area contributed by atoms with Gasteiger partial charge >= 0.3 is 0 Å². The maximum atomic E-state index is 11.9. The summed E-state index contributed by atoms with van der Waals surface area (Å²) < 4.78 is 0. The maximum absolute atomic E-state index is 11.9. The molecule has 0 aliphatic carbocycles. The summed E-state index contributed by atoms with van der Waals surface area (Å²) in [4.78, 5) is 16.3. The summed E-state index contributed by atoms with van der Waals surface area (Å²) in [5.41, 5.74) is 3.33. The van der Waals surface area contributed by atoms with Gasteiger partial charge in [0.2, 0.25) is 0 Å². The van der Waals surface area contributed by atoms with Crippen LogP contribution in [-0.4, -0.2) is 10.8 Å². The summed E-state index contributed by atoms with van der Waals surface area (Å²) in [6.07, 6.45) is 3.78. The lowest BCUT2D eigenvalue weighted by Crippen LogP contribution is -2.07. The van der Waals surface area contributed by atoms with Crippen LogP contribution in [0.25, 0.3) is 0 Å². The summed E-state index contributed by atoms with van der Waals surface area (Å²) in [5, 5.41) is 0. The highest BCUT2D eigenvalue weighted by molar-refractivity contribution is 5.81. The van der Waals surface area contributed by atoms with E-state index < -0.39 is 0 Å². The number of aromatic nitrogens is 1. The fourth-order valence-electron chi connectivity index (χ4n) is 2.29. The third kappa shape index (κ3) is 4.61. The predicted molar refractivity (Wildman–Crippen MR) is 81.7 cm³/mol. The smallest absolute Gasteiger partial charge is 0.137 e. The van der Waals surface area contributed by atoms with E-state index in [1.54, 1.807) is 6.20 Å². The van der Waals surface area contributed by atoms with E-state index in [9.17, 15) is 4.79 Å². The van der Waals surface area contributed by atoms with E-state index >= 15 is 0 Å². The van der Waals surface area contributed by atoms with Crippen molar-refractivity contribution in [2.24, 2.45) is 5.92 Å². The van der Waals surface area contributed by atoms with Gasteiger partial charge in [-0.25, -0.2) is 0 Å². The largest absolute Gasteiger partial charge is 0.299 e. The molecule has 2 nitrogen and oxygen atoms in total. The highest BCUT2D eigenvalue weighted by Crippen LogP contribution is 2.11. The Bertz CT molecular complexity index is 561. The minimum Gasteiger partial charge on any atom is -0.299 e. The lowest BCUT2D eigenvalue weighted by Gasteiger charge is -2.06. The first-order chi connectivity index (χ1) is 9.63. The van der Waals surface area contributed by atoms with E-state index in [0.29, 0.717) is 24.5 Å². The second-order valence-corrected chi connectivity index (χ2v) is 5.63. The van der Waals surface area contributed by atoms with Crippen molar-refractivity contribution in [3.8, 4) is 0 Å². The molecule has 0 radical (unpaired) electrons. The van der Waals surface area contributed by atoms with Crippen LogP contribution in [-0.2, 0) is 17.6 Å². The van der Waals surface area contributed by atoms with Gasteiger partial charge in [0.25, 0.3) is 0 Å². The molecule has 0 atom stereocenters. The van der Waals surface area contributed by atoms with Crippen LogP contribution in [0.1, 0.15) is 37.1 Å². The normalized spacial score (nSPS) is 10.8. The molecule has 0 aliphatic rings. The molecular formula is C18H21NO. The van der Waals surface area contributed by atoms with Crippen LogP contribution < -0.4 is 0 Å². The Kier molecular flexibility index (Phi) is 5.05. The van der Waals surface area contributed by atoms with Crippen molar-refractivity contribution < 1.29 is 4.79 Å². The predicted octanol–water partition coefficient (Wildman–Crippen LogP) is 3.83. The molecule has 20 heavy (non-hydrogen) atoms. The number of hydrogen-bond donors (Lipinski definition) is 0. The van der Waals surface area contributed by atoms with Crippen molar-refractivity contribution in [3.63, 3.8) is 0 Å². The molecule has 0 saturated carbocycles.